The smallest absolute Gasteiger partial charge is 0.306 e. The number of carbonyl (C=O) groups is 2. The highest BCUT2D eigenvalue weighted by Crippen LogP contribution is 2.17. The first-order valence-corrected chi connectivity index (χ1v) is 39.3. The third-order valence-electron chi connectivity index (χ3n) is 16.3. The molecule has 5 heteroatoms. The summed E-state index contributed by atoms with van der Waals surface area (Å²) in [7, 11) is 0. The van der Waals surface area contributed by atoms with Gasteiger partial charge in [-0.2, -0.15) is 0 Å². The van der Waals surface area contributed by atoms with Crippen LogP contribution >= 0.6 is 0 Å². The van der Waals surface area contributed by atoms with Crippen molar-refractivity contribution in [2.24, 2.45) is 0 Å². The number of rotatable bonds is 70. The second-order valence-electron chi connectivity index (χ2n) is 25.3. The van der Waals surface area contributed by atoms with Crippen LogP contribution in [-0.4, -0.2) is 36.4 Å². The molecule has 1 unspecified atom stereocenters. The molecule has 0 aromatic heterocycles. The lowest BCUT2D eigenvalue weighted by Gasteiger charge is -2.15. The van der Waals surface area contributed by atoms with Gasteiger partial charge in [0.2, 0.25) is 0 Å². The molecule has 96 heavy (non-hydrogen) atoms. The van der Waals surface area contributed by atoms with E-state index in [-0.39, 0.29) is 25.2 Å². The summed E-state index contributed by atoms with van der Waals surface area (Å²) in [5.41, 5.74) is 0. The zero-order valence-electron chi connectivity index (χ0n) is 61.8. The van der Waals surface area contributed by atoms with E-state index in [1.165, 1.54) is 128 Å². The number of ether oxygens (including phenoxy) is 2. The predicted molar refractivity (Wildman–Crippen MR) is 425 cm³/mol. The average molecular weight is 1320 g/mol. The molecule has 0 aliphatic heterocycles. The summed E-state index contributed by atoms with van der Waals surface area (Å²) in [4.78, 5) is 24.7. The summed E-state index contributed by atoms with van der Waals surface area (Å²) < 4.78 is 10.8. The van der Waals surface area contributed by atoms with Crippen LogP contribution in [0.25, 0.3) is 0 Å². The van der Waals surface area contributed by atoms with Gasteiger partial charge in [-0.05, 0) is 154 Å². The van der Waals surface area contributed by atoms with Crippen molar-refractivity contribution in [2.45, 2.75) is 328 Å². The third kappa shape index (κ3) is 80.7. The molecule has 0 saturated heterocycles. The topological polar surface area (TPSA) is 72.8 Å². The standard InChI is InChI=1S/C91H144O5/c1-3-5-7-9-11-13-15-17-19-21-23-25-27-29-31-33-35-37-39-41-43-45-47-49-51-53-55-57-59-61-63-65-67-69-71-73-75-77-79-81-83-85-90(93)95-88-89(87-92)96-91(94)86-84-82-80-78-76-74-72-70-68-66-64-62-60-58-56-54-52-50-48-46-44-42-40-38-36-34-32-30-28-26-24-22-20-18-16-14-12-10-8-6-4-2/h5-8,11-14,17-20,23-26,29-32,35-38,42,44,48,50,54,56,60,62,66,68,72,74,89,92H,3-4,9-10,15-16,21-22,27-28,33-34,39-41,43,45-47,49,51-53,55,57-59,61,63-65,67,69-71,73,75-88H2,1-2H3/b7-5-,8-6-,13-11-,14-12-,19-17-,20-18-,25-23-,26-24-,31-29-,32-30-,37-35-,38-36-,44-42-,50-48-,56-54-,62-60-,68-66-,74-72-. The highest BCUT2D eigenvalue weighted by molar-refractivity contribution is 5.70. The van der Waals surface area contributed by atoms with Gasteiger partial charge in [0, 0.05) is 12.8 Å². The normalized spacial score (nSPS) is 13.5. The van der Waals surface area contributed by atoms with E-state index >= 15 is 0 Å². The molecule has 0 aromatic rings. The zero-order chi connectivity index (χ0) is 69.0. The van der Waals surface area contributed by atoms with E-state index in [0.717, 1.165) is 167 Å². The molecule has 0 aromatic carbocycles. The Kier molecular flexibility index (Phi) is 78.4. The average Bonchev–Trinajstić information content (AvgIpc) is 3.79. The monoisotopic (exact) mass is 1320 g/mol. The lowest BCUT2D eigenvalue weighted by molar-refractivity contribution is -0.161. The Morgan fingerprint density at radius 1 is 0.240 bits per heavy atom. The van der Waals surface area contributed by atoms with Crippen molar-refractivity contribution in [3.8, 4) is 0 Å². The number of carbonyl (C=O) groups excluding carboxylic acids is 2. The first kappa shape index (κ1) is 90.2. The minimum atomic E-state index is -0.801. The fraction of sp³-hybridized carbons (Fsp3) is 0.582. The van der Waals surface area contributed by atoms with Crippen molar-refractivity contribution in [3.63, 3.8) is 0 Å². The van der Waals surface area contributed by atoms with Gasteiger partial charge in [0.25, 0.3) is 0 Å². The van der Waals surface area contributed by atoms with Crippen molar-refractivity contribution in [3.05, 3.63) is 219 Å². The van der Waals surface area contributed by atoms with E-state index < -0.39 is 6.10 Å². The van der Waals surface area contributed by atoms with E-state index in [1.807, 2.05) is 0 Å². The summed E-state index contributed by atoms with van der Waals surface area (Å²) in [6, 6.07) is 0. The molecule has 0 aliphatic carbocycles. The molecule has 0 saturated carbocycles. The van der Waals surface area contributed by atoms with E-state index in [0.29, 0.717) is 12.8 Å². The number of aliphatic hydroxyl groups excluding tert-OH is 1. The summed E-state index contributed by atoms with van der Waals surface area (Å²) in [6.07, 6.45) is 134. The maximum Gasteiger partial charge on any atom is 0.306 e. The van der Waals surface area contributed by atoms with Crippen LogP contribution in [0.3, 0.4) is 0 Å². The minimum absolute atomic E-state index is 0.0858. The first-order valence-electron chi connectivity index (χ1n) is 39.3. The molecule has 1 N–H and O–H groups in total. The minimum Gasteiger partial charge on any atom is -0.462 e. The fourth-order valence-electron chi connectivity index (χ4n) is 10.5. The van der Waals surface area contributed by atoms with Gasteiger partial charge in [-0.3, -0.25) is 9.59 Å². The van der Waals surface area contributed by atoms with E-state index in [2.05, 4.69) is 233 Å². The Morgan fingerprint density at radius 2 is 0.417 bits per heavy atom. The van der Waals surface area contributed by atoms with Gasteiger partial charge in [-0.1, -0.05) is 374 Å². The number of esters is 2. The van der Waals surface area contributed by atoms with Gasteiger partial charge in [0.05, 0.1) is 6.61 Å². The van der Waals surface area contributed by atoms with Gasteiger partial charge in [0.1, 0.15) is 6.61 Å². The molecule has 0 amide bonds. The van der Waals surface area contributed by atoms with Gasteiger partial charge in [-0.25, -0.2) is 0 Å². The Morgan fingerprint density at radius 3 is 0.625 bits per heavy atom. The van der Waals surface area contributed by atoms with E-state index in [9.17, 15) is 14.7 Å². The van der Waals surface area contributed by atoms with E-state index in [1.54, 1.807) is 0 Å². The largest absolute Gasteiger partial charge is 0.462 e. The Bertz CT molecular complexity index is 2240. The first-order chi connectivity index (χ1) is 47.6. The van der Waals surface area contributed by atoms with Crippen LogP contribution in [0.15, 0.2) is 219 Å². The van der Waals surface area contributed by atoms with Crippen molar-refractivity contribution < 1.29 is 24.2 Å². The summed E-state index contributed by atoms with van der Waals surface area (Å²) in [6.45, 7) is 3.90. The predicted octanol–water partition coefficient (Wildman–Crippen LogP) is 28.2. The van der Waals surface area contributed by atoms with Crippen molar-refractivity contribution in [1.29, 1.82) is 0 Å². The van der Waals surface area contributed by atoms with Crippen molar-refractivity contribution >= 4 is 11.9 Å². The Balaban J connectivity index is 3.57. The molecular weight excluding hydrogens is 1170 g/mol. The van der Waals surface area contributed by atoms with Crippen molar-refractivity contribution in [2.75, 3.05) is 13.2 Å². The van der Waals surface area contributed by atoms with Crippen molar-refractivity contribution in [1.82, 2.24) is 0 Å². The van der Waals surface area contributed by atoms with Gasteiger partial charge >= 0.3 is 11.9 Å². The van der Waals surface area contributed by atoms with E-state index in [4.69, 9.17) is 9.47 Å². The lowest BCUT2D eigenvalue weighted by atomic mass is 10.0. The molecule has 1 atom stereocenters. The number of unbranched alkanes of at least 4 members (excludes halogenated alkanes) is 26. The number of hydrogen-bond donors (Lipinski definition) is 1. The lowest BCUT2D eigenvalue weighted by Crippen LogP contribution is -2.28. The highest BCUT2D eigenvalue weighted by Gasteiger charge is 2.16. The SMILES string of the molecule is CC/C=C\C/C=C\C/C=C\C/C=C\C/C=C\C/C=C\C/C=C\C/C=C\C/C=C\C/C=C\C/C=C\C/C=C\CCCCCCC(=O)OC(CO)COC(=O)CCCCCCCCCCCCCCCCCCCCCCCC/C=C\C/C=C\C/C=C\C/C=C\C/C=C\C/C=C\CC. The summed E-state index contributed by atoms with van der Waals surface area (Å²) >= 11 is 0. The molecule has 0 heterocycles. The van der Waals surface area contributed by atoms with Gasteiger partial charge < -0.3 is 14.6 Å². The summed E-state index contributed by atoms with van der Waals surface area (Å²) in [5, 5.41) is 9.72. The van der Waals surface area contributed by atoms with Crippen LogP contribution in [0, 0.1) is 0 Å². The molecule has 0 spiro atoms. The zero-order valence-corrected chi connectivity index (χ0v) is 61.8. The van der Waals surface area contributed by atoms with Gasteiger partial charge in [0.15, 0.2) is 6.10 Å². The molecule has 538 valence electrons. The van der Waals surface area contributed by atoms with Crippen LogP contribution in [0.4, 0.5) is 0 Å². The fourth-order valence-corrected chi connectivity index (χ4v) is 10.5. The Hall–Kier alpha value is -5.78. The molecule has 0 bridgehead atoms. The quantitative estimate of drug-likeness (QED) is 0.0373. The number of hydrogen-bond acceptors (Lipinski definition) is 5. The molecular formula is C91H144O5. The molecule has 0 radical (unpaired) electrons. The highest BCUT2D eigenvalue weighted by atomic mass is 16.6. The molecule has 0 aliphatic rings. The maximum absolute atomic E-state index is 12.4. The molecule has 5 nitrogen and oxygen atoms in total. The van der Waals surface area contributed by atoms with Crippen LogP contribution in [0.2, 0.25) is 0 Å². The third-order valence-corrected chi connectivity index (χ3v) is 16.3. The number of aliphatic hydroxyl groups is 1. The Labute approximate surface area is 593 Å². The molecule has 0 rings (SSSR count). The maximum atomic E-state index is 12.4. The molecule has 0 fully saturated rings. The second kappa shape index (κ2) is 83.4. The second-order valence-corrected chi connectivity index (χ2v) is 25.3. The summed E-state index contributed by atoms with van der Waals surface area (Å²) in [5.74, 6) is -0.623. The van der Waals surface area contributed by atoms with Crippen LogP contribution in [0.5, 0.6) is 0 Å². The van der Waals surface area contributed by atoms with Crippen LogP contribution < -0.4 is 0 Å². The van der Waals surface area contributed by atoms with Crippen LogP contribution in [0.1, 0.15) is 322 Å². The van der Waals surface area contributed by atoms with Crippen LogP contribution in [-0.2, 0) is 19.1 Å². The van der Waals surface area contributed by atoms with Gasteiger partial charge in [-0.15, -0.1) is 0 Å². The number of allylic oxidation sites excluding steroid dienone is 36.